The lowest BCUT2D eigenvalue weighted by molar-refractivity contribution is 0.584. The van der Waals surface area contributed by atoms with E-state index in [0.29, 0.717) is 5.69 Å². The van der Waals surface area contributed by atoms with Gasteiger partial charge in [0.15, 0.2) is 0 Å². The highest BCUT2D eigenvalue weighted by Crippen LogP contribution is 2.07. The van der Waals surface area contributed by atoms with E-state index in [0.717, 1.165) is 0 Å². The summed E-state index contributed by atoms with van der Waals surface area (Å²) in [6.45, 7) is 1.82. The molecule has 0 aliphatic rings. The molecular formula is C9H9FN2. The van der Waals surface area contributed by atoms with Gasteiger partial charge < -0.3 is 5.32 Å². The molecule has 0 bridgehead atoms. The first-order valence-electron chi connectivity index (χ1n) is 3.56. The van der Waals surface area contributed by atoms with Gasteiger partial charge in [-0.25, -0.2) is 4.98 Å². The monoisotopic (exact) mass is 164 g/mol. The zero-order valence-electron chi connectivity index (χ0n) is 6.71. The lowest BCUT2D eigenvalue weighted by Gasteiger charge is -2.07. The lowest BCUT2D eigenvalue weighted by Crippen LogP contribution is -2.12. The second kappa shape index (κ2) is 3.72. The summed E-state index contributed by atoms with van der Waals surface area (Å²) in [5.74, 6) is 1.97. The Morgan fingerprint density at radius 2 is 2.50 bits per heavy atom. The standard InChI is InChI=1S/C9H9FN2/c1-3-7(2)12-8-4-5-11-9(10)6-8/h1,4-7H,2H3,(H,11,12). The summed E-state index contributed by atoms with van der Waals surface area (Å²) in [5.41, 5.74) is 0.646. The normalized spacial score (nSPS) is 11.8. The third-order valence-electron chi connectivity index (χ3n) is 1.36. The number of anilines is 1. The van der Waals surface area contributed by atoms with Crippen LogP contribution in [0, 0.1) is 18.3 Å². The molecule has 0 aromatic carbocycles. The van der Waals surface area contributed by atoms with Crippen molar-refractivity contribution in [3.05, 3.63) is 24.3 Å². The molecule has 1 atom stereocenters. The average Bonchev–Trinajstić information content (AvgIpc) is 2.04. The van der Waals surface area contributed by atoms with Crippen LogP contribution in [-0.2, 0) is 0 Å². The van der Waals surface area contributed by atoms with Gasteiger partial charge in [-0.2, -0.15) is 4.39 Å². The molecule has 2 nitrogen and oxygen atoms in total. The molecule has 0 amide bonds. The van der Waals surface area contributed by atoms with Crippen molar-refractivity contribution < 1.29 is 4.39 Å². The summed E-state index contributed by atoms with van der Waals surface area (Å²) in [4.78, 5) is 3.41. The smallest absolute Gasteiger partial charge is 0.214 e. The van der Waals surface area contributed by atoms with E-state index in [2.05, 4.69) is 16.2 Å². The molecule has 0 aliphatic heterocycles. The average molecular weight is 164 g/mol. The molecule has 62 valence electrons. The first kappa shape index (κ1) is 8.54. The first-order chi connectivity index (χ1) is 5.72. The van der Waals surface area contributed by atoms with Gasteiger partial charge in [-0.15, -0.1) is 6.42 Å². The highest BCUT2D eigenvalue weighted by molar-refractivity contribution is 5.43. The van der Waals surface area contributed by atoms with E-state index in [1.165, 1.54) is 12.3 Å². The number of hydrogen-bond donors (Lipinski definition) is 1. The van der Waals surface area contributed by atoms with Gasteiger partial charge in [0.05, 0.1) is 6.04 Å². The molecule has 0 spiro atoms. The number of nitrogens with one attached hydrogen (secondary N) is 1. The van der Waals surface area contributed by atoms with Gasteiger partial charge in [-0.1, -0.05) is 5.92 Å². The summed E-state index contributed by atoms with van der Waals surface area (Å²) >= 11 is 0. The number of nitrogens with zero attached hydrogens (tertiary/aromatic N) is 1. The van der Waals surface area contributed by atoms with Gasteiger partial charge in [0, 0.05) is 18.0 Å². The van der Waals surface area contributed by atoms with E-state index in [4.69, 9.17) is 6.42 Å². The van der Waals surface area contributed by atoms with Gasteiger partial charge in [0.1, 0.15) is 0 Å². The summed E-state index contributed by atoms with van der Waals surface area (Å²) < 4.78 is 12.5. The van der Waals surface area contributed by atoms with Crippen LogP contribution < -0.4 is 5.32 Å². The van der Waals surface area contributed by atoms with E-state index in [1.807, 2.05) is 6.92 Å². The number of terminal acetylenes is 1. The van der Waals surface area contributed by atoms with Crippen LogP contribution in [0.25, 0.3) is 0 Å². The number of hydrogen-bond acceptors (Lipinski definition) is 2. The SMILES string of the molecule is C#CC(C)Nc1ccnc(F)c1. The minimum Gasteiger partial charge on any atom is -0.372 e. The summed E-state index contributed by atoms with van der Waals surface area (Å²) in [6.07, 6.45) is 6.53. The van der Waals surface area contributed by atoms with E-state index in [9.17, 15) is 4.39 Å². The third-order valence-corrected chi connectivity index (χ3v) is 1.36. The van der Waals surface area contributed by atoms with Crippen LogP contribution >= 0.6 is 0 Å². The van der Waals surface area contributed by atoms with Gasteiger partial charge in [0.2, 0.25) is 5.95 Å². The van der Waals surface area contributed by atoms with Crippen molar-refractivity contribution in [1.29, 1.82) is 0 Å². The molecule has 0 radical (unpaired) electrons. The van der Waals surface area contributed by atoms with Gasteiger partial charge >= 0.3 is 0 Å². The Kier molecular flexibility index (Phi) is 2.65. The molecule has 1 aromatic heterocycles. The van der Waals surface area contributed by atoms with Crippen LogP contribution in [0.1, 0.15) is 6.92 Å². The molecule has 1 heterocycles. The number of rotatable bonds is 2. The number of halogens is 1. The fraction of sp³-hybridized carbons (Fsp3) is 0.222. The minimum absolute atomic E-state index is 0.105. The largest absolute Gasteiger partial charge is 0.372 e. The third kappa shape index (κ3) is 2.24. The Bertz CT molecular complexity index is 304. The molecule has 0 saturated heterocycles. The fourth-order valence-electron chi connectivity index (χ4n) is 0.784. The molecule has 12 heavy (non-hydrogen) atoms. The number of pyridine rings is 1. The Morgan fingerprint density at radius 1 is 1.75 bits per heavy atom. The Morgan fingerprint density at radius 3 is 3.08 bits per heavy atom. The van der Waals surface area contributed by atoms with Gasteiger partial charge in [-0.05, 0) is 13.0 Å². The molecule has 1 aromatic rings. The van der Waals surface area contributed by atoms with Crippen LogP contribution in [0.5, 0.6) is 0 Å². The molecule has 3 heteroatoms. The molecule has 0 saturated carbocycles. The van der Waals surface area contributed by atoms with Gasteiger partial charge in [0.25, 0.3) is 0 Å². The summed E-state index contributed by atoms with van der Waals surface area (Å²) in [7, 11) is 0. The van der Waals surface area contributed by atoms with Crippen molar-refractivity contribution in [2.75, 3.05) is 5.32 Å². The maximum Gasteiger partial charge on any atom is 0.214 e. The van der Waals surface area contributed by atoms with Crippen molar-refractivity contribution in [3.63, 3.8) is 0 Å². The zero-order chi connectivity index (χ0) is 8.97. The van der Waals surface area contributed by atoms with Crippen LogP contribution in [0.4, 0.5) is 10.1 Å². The lowest BCUT2D eigenvalue weighted by atomic mass is 10.3. The highest BCUT2D eigenvalue weighted by Gasteiger charge is 1.97. The van der Waals surface area contributed by atoms with Crippen molar-refractivity contribution in [3.8, 4) is 12.3 Å². The molecule has 1 rings (SSSR count). The Hall–Kier alpha value is -1.56. The van der Waals surface area contributed by atoms with Crippen LogP contribution in [0.3, 0.4) is 0 Å². The molecule has 0 aliphatic carbocycles. The summed E-state index contributed by atoms with van der Waals surface area (Å²) in [5, 5.41) is 2.92. The van der Waals surface area contributed by atoms with Crippen LogP contribution in [0.15, 0.2) is 18.3 Å². The summed E-state index contributed by atoms with van der Waals surface area (Å²) in [6, 6.07) is 2.86. The second-order valence-corrected chi connectivity index (χ2v) is 2.40. The molecule has 0 fully saturated rings. The van der Waals surface area contributed by atoms with E-state index in [1.54, 1.807) is 6.07 Å². The highest BCUT2D eigenvalue weighted by atomic mass is 19.1. The maximum absolute atomic E-state index is 12.5. The fourth-order valence-corrected chi connectivity index (χ4v) is 0.784. The van der Waals surface area contributed by atoms with Gasteiger partial charge in [-0.3, -0.25) is 0 Å². The predicted molar refractivity (Wildman–Crippen MR) is 46.1 cm³/mol. The Balaban J connectivity index is 2.71. The molecule has 1 N–H and O–H groups in total. The second-order valence-electron chi connectivity index (χ2n) is 2.40. The minimum atomic E-state index is -0.510. The van der Waals surface area contributed by atoms with E-state index >= 15 is 0 Å². The van der Waals surface area contributed by atoms with Crippen molar-refractivity contribution in [2.24, 2.45) is 0 Å². The molecular weight excluding hydrogens is 155 g/mol. The maximum atomic E-state index is 12.5. The van der Waals surface area contributed by atoms with Crippen molar-refractivity contribution >= 4 is 5.69 Å². The van der Waals surface area contributed by atoms with Crippen LogP contribution in [-0.4, -0.2) is 11.0 Å². The Labute approximate surface area is 70.8 Å². The topological polar surface area (TPSA) is 24.9 Å². The quantitative estimate of drug-likeness (QED) is 0.531. The van der Waals surface area contributed by atoms with E-state index < -0.39 is 5.95 Å². The van der Waals surface area contributed by atoms with E-state index in [-0.39, 0.29) is 6.04 Å². The number of aromatic nitrogens is 1. The van der Waals surface area contributed by atoms with Crippen LogP contribution in [0.2, 0.25) is 0 Å². The first-order valence-corrected chi connectivity index (χ1v) is 3.56. The van der Waals surface area contributed by atoms with Crippen molar-refractivity contribution in [2.45, 2.75) is 13.0 Å². The zero-order valence-corrected chi connectivity index (χ0v) is 6.71. The predicted octanol–water partition coefficient (Wildman–Crippen LogP) is 1.65. The molecule has 1 unspecified atom stereocenters. The van der Waals surface area contributed by atoms with Crippen molar-refractivity contribution in [1.82, 2.24) is 4.98 Å².